The lowest BCUT2D eigenvalue weighted by Gasteiger charge is -2.35. The molecule has 1 aromatic carbocycles. The fraction of sp³-hybridized carbons (Fsp3) is 0.625. The largest absolute Gasteiger partial charge is 0.310 e. The first kappa shape index (κ1) is 15.0. The van der Waals surface area contributed by atoms with Gasteiger partial charge in [-0.1, -0.05) is 32.8 Å². The topological polar surface area (TPSA) is 12.0 Å². The van der Waals surface area contributed by atoms with Crippen LogP contribution < -0.4 is 5.32 Å². The third-order valence-electron chi connectivity index (χ3n) is 4.23. The number of rotatable bonds is 4. The van der Waals surface area contributed by atoms with Crippen molar-refractivity contribution in [3.05, 3.63) is 34.1 Å². The molecule has 106 valence electrons. The molecule has 0 heterocycles. The Morgan fingerprint density at radius 2 is 2.05 bits per heavy atom. The molecule has 0 spiro atoms. The summed E-state index contributed by atoms with van der Waals surface area (Å²) in [5, 5.41) is 3.63. The van der Waals surface area contributed by atoms with E-state index in [1.165, 1.54) is 25.7 Å². The third kappa shape index (κ3) is 4.03. The molecule has 2 unspecified atom stereocenters. The lowest BCUT2D eigenvalue weighted by Crippen LogP contribution is -2.40. The first-order valence-electron chi connectivity index (χ1n) is 7.25. The second kappa shape index (κ2) is 6.85. The molecule has 2 atom stereocenters. The van der Waals surface area contributed by atoms with Crippen molar-refractivity contribution in [1.82, 2.24) is 5.32 Å². The zero-order chi connectivity index (χ0) is 13.8. The Morgan fingerprint density at radius 1 is 1.32 bits per heavy atom. The molecule has 1 fully saturated rings. The van der Waals surface area contributed by atoms with E-state index in [9.17, 15) is 4.39 Å². The van der Waals surface area contributed by atoms with Crippen molar-refractivity contribution in [2.45, 2.75) is 52.1 Å². The molecule has 0 aliphatic heterocycles. The monoisotopic (exact) mass is 327 g/mol. The van der Waals surface area contributed by atoms with E-state index in [1.807, 2.05) is 6.07 Å². The average molecular weight is 328 g/mol. The zero-order valence-corrected chi connectivity index (χ0v) is 13.3. The molecule has 1 saturated carbocycles. The van der Waals surface area contributed by atoms with Crippen LogP contribution in [0, 0.1) is 17.7 Å². The van der Waals surface area contributed by atoms with Crippen LogP contribution in [0.5, 0.6) is 0 Å². The van der Waals surface area contributed by atoms with Crippen LogP contribution in [0.25, 0.3) is 0 Å². The molecule has 2 rings (SSSR count). The fourth-order valence-corrected chi connectivity index (χ4v) is 3.36. The lowest BCUT2D eigenvalue weighted by atomic mass is 9.78. The summed E-state index contributed by atoms with van der Waals surface area (Å²) in [6, 6.07) is 5.96. The molecule has 1 N–H and O–H groups in total. The molecule has 1 aliphatic rings. The smallest absolute Gasteiger partial charge is 0.137 e. The van der Waals surface area contributed by atoms with Gasteiger partial charge in [0.25, 0.3) is 0 Å². The first-order valence-corrected chi connectivity index (χ1v) is 8.04. The molecule has 0 bridgehead atoms. The van der Waals surface area contributed by atoms with Gasteiger partial charge in [0.15, 0.2) is 0 Å². The van der Waals surface area contributed by atoms with Crippen LogP contribution in [0.15, 0.2) is 22.7 Å². The van der Waals surface area contributed by atoms with Crippen molar-refractivity contribution in [3.63, 3.8) is 0 Å². The minimum absolute atomic E-state index is 0.177. The van der Waals surface area contributed by atoms with Crippen molar-refractivity contribution in [2.24, 2.45) is 11.8 Å². The van der Waals surface area contributed by atoms with Crippen LogP contribution in [0.3, 0.4) is 0 Å². The standard InChI is InChI=1S/C16H23BrFN/c1-11(2)13-5-3-4-6-16(13)19-10-12-7-8-14(17)15(18)9-12/h7-9,11,13,16,19H,3-6,10H2,1-2H3. The van der Waals surface area contributed by atoms with Crippen LogP contribution >= 0.6 is 15.9 Å². The highest BCUT2D eigenvalue weighted by molar-refractivity contribution is 9.10. The summed E-state index contributed by atoms with van der Waals surface area (Å²) in [5.74, 6) is 1.30. The maximum Gasteiger partial charge on any atom is 0.137 e. The SMILES string of the molecule is CC(C)C1CCCCC1NCc1ccc(Br)c(F)c1. The Labute approximate surface area is 124 Å². The van der Waals surface area contributed by atoms with Crippen molar-refractivity contribution < 1.29 is 4.39 Å². The number of hydrogen-bond donors (Lipinski definition) is 1. The molecule has 3 heteroatoms. The van der Waals surface area contributed by atoms with Crippen molar-refractivity contribution in [1.29, 1.82) is 0 Å². The Balaban J connectivity index is 1.94. The van der Waals surface area contributed by atoms with Gasteiger partial charge in [0, 0.05) is 12.6 Å². The summed E-state index contributed by atoms with van der Waals surface area (Å²) in [6.45, 7) is 5.38. The normalized spacial score (nSPS) is 23.8. The molecule has 1 aliphatic carbocycles. The van der Waals surface area contributed by atoms with E-state index in [-0.39, 0.29) is 5.82 Å². The van der Waals surface area contributed by atoms with Crippen LogP contribution in [0.2, 0.25) is 0 Å². The minimum atomic E-state index is -0.177. The number of benzene rings is 1. The Morgan fingerprint density at radius 3 is 2.74 bits per heavy atom. The van der Waals surface area contributed by atoms with Gasteiger partial charge in [0.2, 0.25) is 0 Å². The van der Waals surface area contributed by atoms with Gasteiger partial charge in [0.1, 0.15) is 5.82 Å². The predicted octanol–water partition coefficient (Wildman–Crippen LogP) is 4.89. The van der Waals surface area contributed by atoms with Gasteiger partial charge in [-0.05, 0) is 58.3 Å². The molecular weight excluding hydrogens is 305 g/mol. The van der Waals surface area contributed by atoms with Crippen molar-refractivity contribution in [3.8, 4) is 0 Å². The summed E-state index contributed by atoms with van der Waals surface area (Å²) < 4.78 is 14.0. The van der Waals surface area contributed by atoms with Crippen LogP contribution in [0.4, 0.5) is 4.39 Å². The van der Waals surface area contributed by atoms with Gasteiger partial charge in [-0.15, -0.1) is 0 Å². The van der Waals surface area contributed by atoms with Crippen LogP contribution in [-0.2, 0) is 6.54 Å². The van der Waals surface area contributed by atoms with E-state index < -0.39 is 0 Å². The Bertz CT molecular complexity index is 419. The quantitative estimate of drug-likeness (QED) is 0.829. The van der Waals surface area contributed by atoms with Crippen molar-refractivity contribution in [2.75, 3.05) is 0 Å². The number of halogens is 2. The van der Waals surface area contributed by atoms with Crippen LogP contribution in [-0.4, -0.2) is 6.04 Å². The highest BCUT2D eigenvalue weighted by Crippen LogP contribution is 2.30. The van der Waals surface area contributed by atoms with Crippen molar-refractivity contribution >= 4 is 15.9 Å². The van der Waals surface area contributed by atoms with E-state index in [2.05, 4.69) is 35.1 Å². The molecule has 0 radical (unpaired) electrons. The average Bonchev–Trinajstić information content (AvgIpc) is 2.40. The van der Waals surface area contributed by atoms with Gasteiger partial charge in [-0.25, -0.2) is 4.39 Å². The van der Waals surface area contributed by atoms with E-state index in [4.69, 9.17) is 0 Å². The van der Waals surface area contributed by atoms with Gasteiger partial charge in [-0.2, -0.15) is 0 Å². The number of nitrogens with one attached hydrogen (secondary N) is 1. The molecule has 0 aromatic heterocycles. The van der Waals surface area contributed by atoms with Gasteiger partial charge in [-0.3, -0.25) is 0 Å². The molecule has 0 saturated heterocycles. The van der Waals surface area contributed by atoms with E-state index in [0.717, 1.165) is 23.9 Å². The minimum Gasteiger partial charge on any atom is -0.310 e. The highest BCUT2D eigenvalue weighted by atomic mass is 79.9. The van der Waals surface area contributed by atoms with E-state index in [0.29, 0.717) is 10.5 Å². The summed E-state index contributed by atoms with van der Waals surface area (Å²) in [7, 11) is 0. The summed E-state index contributed by atoms with van der Waals surface area (Å²) in [5.41, 5.74) is 1.02. The van der Waals surface area contributed by atoms with Gasteiger partial charge in [0.05, 0.1) is 4.47 Å². The van der Waals surface area contributed by atoms with Crippen LogP contribution in [0.1, 0.15) is 45.1 Å². The maximum absolute atomic E-state index is 13.5. The molecule has 0 amide bonds. The molecule has 1 aromatic rings. The molecular formula is C16H23BrFN. The second-order valence-electron chi connectivity index (χ2n) is 5.93. The zero-order valence-electron chi connectivity index (χ0n) is 11.8. The number of hydrogen-bond acceptors (Lipinski definition) is 1. The highest BCUT2D eigenvalue weighted by Gasteiger charge is 2.26. The third-order valence-corrected chi connectivity index (χ3v) is 4.87. The molecule has 1 nitrogen and oxygen atoms in total. The maximum atomic E-state index is 13.5. The molecule has 19 heavy (non-hydrogen) atoms. The summed E-state index contributed by atoms with van der Waals surface area (Å²) in [6.07, 6.45) is 5.25. The van der Waals surface area contributed by atoms with E-state index >= 15 is 0 Å². The van der Waals surface area contributed by atoms with E-state index in [1.54, 1.807) is 12.1 Å². The lowest BCUT2D eigenvalue weighted by molar-refractivity contribution is 0.204. The Kier molecular flexibility index (Phi) is 5.40. The van der Waals surface area contributed by atoms with Gasteiger partial charge >= 0.3 is 0 Å². The second-order valence-corrected chi connectivity index (χ2v) is 6.78. The summed E-state index contributed by atoms with van der Waals surface area (Å²) >= 11 is 3.19. The fourth-order valence-electron chi connectivity index (χ4n) is 3.11. The Hall–Kier alpha value is -0.410. The predicted molar refractivity (Wildman–Crippen MR) is 81.5 cm³/mol. The van der Waals surface area contributed by atoms with Gasteiger partial charge < -0.3 is 5.32 Å². The first-order chi connectivity index (χ1) is 9.08. The summed E-state index contributed by atoms with van der Waals surface area (Å²) in [4.78, 5) is 0.